The van der Waals surface area contributed by atoms with Crippen LogP contribution >= 0.6 is 0 Å². The lowest BCUT2D eigenvalue weighted by molar-refractivity contribution is -0.141. The van der Waals surface area contributed by atoms with Crippen LogP contribution in [0.4, 0.5) is 13.2 Å². The Hall–Kier alpha value is -1.31. The van der Waals surface area contributed by atoms with Crippen LogP contribution in [0.3, 0.4) is 0 Å². The molecule has 2 rings (SSSR count). The zero-order valence-corrected chi connectivity index (χ0v) is 9.05. The van der Waals surface area contributed by atoms with E-state index in [1.54, 1.807) is 0 Å². The molecule has 0 aromatic carbocycles. The van der Waals surface area contributed by atoms with Gasteiger partial charge in [0.05, 0.1) is 6.04 Å². The Morgan fingerprint density at radius 2 is 2.18 bits per heavy atom. The Balaban J connectivity index is 2.25. The molecule has 2 heterocycles. The molecule has 0 aliphatic carbocycles. The quantitative estimate of drug-likeness (QED) is 0.821. The Kier molecular flexibility index (Phi) is 3.23. The summed E-state index contributed by atoms with van der Waals surface area (Å²) in [5.74, 6) is 0.145. The molecule has 1 saturated heterocycles. The van der Waals surface area contributed by atoms with Gasteiger partial charge in [-0.1, -0.05) is 6.42 Å². The molecule has 1 atom stereocenters. The van der Waals surface area contributed by atoms with Crippen LogP contribution in [0.2, 0.25) is 0 Å². The second-order valence-electron chi connectivity index (χ2n) is 4.09. The van der Waals surface area contributed by atoms with Gasteiger partial charge in [-0.05, 0) is 19.4 Å². The van der Waals surface area contributed by atoms with Crippen molar-refractivity contribution in [3.05, 3.63) is 16.3 Å². The Morgan fingerprint density at radius 3 is 2.76 bits per heavy atom. The van der Waals surface area contributed by atoms with Crippen LogP contribution < -0.4 is 11.0 Å². The average Bonchev–Trinajstić information content (AvgIpc) is 2.60. The minimum Gasteiger partial charge on any atom is -0.307 e. The number of piperidine rings is 1. The standard InChI is InChI=1S/C9H13F3N4O/c10-9(11,12)5-16-7(14-15-8(16)17)6-3-1-2-4-13-6/h6,13H,1-5H2,(H,15,17). The predicted molar refractivity (Wildman–Crippen MR) is 53.5 cm³/mol. The summed E-state index contributed by atoms with van der Waals surface area (Å²) in [5.41, 5.74) is -0.815. The third-order valence-corrected chi connectivity index (χ3v) is 2.75. The maximum atomic E-state index is 12.3. The molecule has 96 valence electrons. The normalized spacial score (nSPS) is 21.7. The van der Waals surface area contributed by atoms with Gasteiger partial charge in [-0.2, -0.15) is 18.3 Å². The van der Waals surface area contributed by atoms with E-state index in [9.17, 15) is 18.0 Å². The van der Waals surface area contributed by atoms with Crippen molar-refractivity contribution in [1.82, 2.24) is 20.1 Å². The maximum Gasteiger partial charge on any atom is 0.406 e. The van der Waals surface area contributed by atoms with E-state index in [1.807, 2.05) is 0 Å². The number of aromatic amines is 1. The number of hydrogen-bond donors (Lipinski definition) is 2. The van der Waals surface area contributed by atoms with E-state index in [0.29, 0.717) is 11.0 Å². The molecule has 1 aliphatic heterocycles. The number of nitrogens with zero attached hydrogens (tertiary/aromatic N) is 2. The molecule has 0 amide bonds. The molecule has 1 fully saturated rings. The Morgan fingerprint density at radius 1 is 1.41 bits per heavy atom. The molecular weight excluding hydrogens is 237 g/mol. The number of rotatable bonds is 2. The van der Waals surface area contributed by atoms with Crippen LogP contribution in [0.15, 0.2) is 4.79 Å². The van der Waals surface area contributed by atoms with Gasteiger partial charge >= 0.3 is 11.9 Å². The third-order valence-electron chi connectivity index (χ3n) is 2.75. The molecule has 1 aromatic rings. The molecule has 0 saturated carbocycles. The zero-order chi connectivity index (χ0) is 12.5. The van der Waals surface area contributed by atoms with Crippen LogP contribution in [0.25, 0.3) is 0 Å². The van der Waals surface area contributed by atoms with Crippen LogP contribution in [0, 0.1) is 0 Å². The SMILES string of the molecule is O=c1[nH]nc(C2CCCCN2)n1CC(F)(F)F. The third kappa shape index (κ3) is 2.87. The highest BCUT2D eigenvalue weighted by Crippen LogP contribution is 2.23. The first kappa shape index (κ1) is 12.2. The Labute approximate surface area is 95.0 Å². The van der Waals surface area contributed by atoms with Crippen molar-refractivity contribution in [3.63, 3.8) is 0 Å². The molecule has 1 aromatic heterocycles. The first-order chi connectivity index (χ1) is 7.97. The lowest BCUT2D eigenvalue weighted by Gasteiger charge is -2.23. The van der Waals surface area contributed by atoms with E-state index in [4.69, 9.17) is 0 Å². The topological polar surface area (TPSA) is 62.7 Å². The van der Waals surface area contributed by atoms with Crippen LogP contribution in [-0.4, -0.2) is 27.5 Å². The zero-order valence-electron chi connectivity index (χ0n) is 9.05. The van der Waals surface area contributed by atoms with E-state index >= 15 is 0 Å². The van der Waals surface area contributed by atoms with Crippen LogP contribution in [-0.2, 0) is 6.54 Å². The largest absolute Gasteiger partial charge is 0.406 e. The van der Waals surface area contributed by atoms with Gasteiger partial charge in [0.2, 0.25) is 0 Å². The highest BCUT2D eigenvalue weighted by molar-refractivity contribution is 4.97. The van der Waals surface area contributed by atoms with E-state index in [0.717, 1.165) is 19.4 Å². The second kappa shape index (κ2) is 4.52. The molecule has 1 unspecified atom stereocenters. The van der Waals surface area contributed by atoms with Crippen molar-refractivity contribution >= 4 is 0 Å². The van der Waals surface area contributed by atoms with Gasteiger partial charge in [0, 0.05) is 0 Å². The fraction of sp³-hybridized carbons (Fsp3) is 0.778. The minimum atomic E-state index is -4.42. The number of hydrogen-bond acceptors (Lipinski definition) is 3. The summed E-state index contributed by atoms with van der Waals surface area (Å²) in [6, 6.07) is -0.273. The molecule has 8 heteroatoms. The molecule has 0 bridgehead atoms. The summed E-state index contributed by atoms with van der Waals surface area (Å²) in [7, 11) is 0. The fourth-order valence-corrected chi connectivity index (χ4v) is 2.00. The lowest BCUT2D eigenvalue weighted by atomic mass is 10.0. The van der Waals surface area contributed by atoms with Crippen molar-refractivity contribution in [1.29, 1.82) is 0 Å². The number of halogens is 3. The van der Waals surface area contributed by atoms with Crippen molar-refractivity contribution in [3.8, 4) is 0 Å². The van der Waals surface area contributed by atoms with Gasteiger partial charge in [0.15, 0.2) is 5.82 Å². The van der Waals surface area contributed by atoms with Crippen molar-refractivity contribution in [2.45, 2.75) is 38.0 Å². The van der Waals surface area contributed by atoms with E-state index in [1.165, 1.54) is 0 Å². The van der Waals surface area contributed by atoms with Gasteiger partial charge in [0.25, 0.3) is 0 Å². The highest BCUT2D eigenvalue weighted by Gasteiger charge is 2.32. The highest BCUT2D eigenvalue weighted by atomic mass is 19.4. The van der Waals surface area contributed by atoms with E-state index < -0.39 is 18.4 Å². The fourth-order valence-electron chi connectivity index (χ4n) is 2.00. The average molecular weight is 250 g/mol. The molecule has 0 spiro atoms. The monoisotopic (exact) mass is 250 g/mol. The van der Waals surface area contributed by atoms with E-state index in [-0.39, 0.29) is 11.9 Å². The summed E-state index contributed by atoms with van der Waals surface area (Å²) in [5, 5.41) is 8.83. The van der Waals surface area contributed by atoms with Gasteiger partial charge in [-0.25, -0.2) is 9.89 Å². The van der Waals surface area contributed by atoms with Crippen molar-refractivity contribution in [2.75, 3.05) is 6.54 Å². The van der Waals surface area contributed by atoms with Gasteiger partial charge in [0.1, 0.15) is 6.54 Å². The van der Waals surface area contributed by atoms with Crippen LogP contribution in [0.5, 0.6) is 0 Å². The first-order valence-corrected chi connectivity index (χ1v) is 5.42. The van der Waals surface area contributed by atoms with Crippen molar-refractivity contribution < 1.29 is 13.2 Å². The molecule has 17 heavy (non-hydrogen) atoms. The number of H-pyrrole nitrogens is 1. The number of nitrogens with one attached hydrogen (secondary N) is 2. The molecule has 0 radical (unpaired) electrons. The van der Waals surface area contributed by atoms with Gasteiger partial charge < -0.3 is 5.32 Å². The summed E-state index contributed by atoms with van der Waals surface area (Å²) in [4.78, 5) is 11.3. The van der Waals surface area contributed by atoms with Crippen LogP contribution in [0.1, 0.15) is 31.1 Å². The minimum absolute atomic E-state index is 0.145. The summed E-state index contributed by atoms with van der Waals surface area (Å²) >= 11 is 0. The first-order valence-electron chi connectivity index (χ1n) is 5.42. The number of aromatic nitrogens is 3. The lowest BCUT2D eigenvalue weighted by Crippen LogP contribution is -2.33. The smallest absolute Gasteiger partial charge is 0.307 e. The summed E-state index contributed by atoms with van der Waals surface area (Å²) in [6.45, 7) is -0.562. The summed E-state index contributed by atoms with van der Waals surface area (Å²) in [6.07, 6.45) is -1.81. The maximum absolute atomic E-state index is 12.3. The van der Waals surface area contributed by atoms with E-state index in [2.05, 4.69) is 15.5 Å². The second-order valence-corrected chi connectivity index (χ2v) is 4.09. The predicted octanol–water partition coefficient (Wildman–Crippen LogP) is 0.948. The van der Waals surface area contributed by atoms with Gasteiger partial charge in [-0.15, -0.1) is 0 Å². The molecular formula is C9H13F3N4O. The van der Waals surface area contributed by atoms with Crippen molar-refractivity contribution in [2.24, 2.45) is 0 Å². The molecule has 2 N–H and O–H groups in total. The summed E-state index contributed by atoms with van der Waals surface area (Å²) < 4.78 is 37.6. The van der Waals surface area contributed by atoms with Gasteiger partial charge in [-0.3, -0.25) is 4.57 Å². The Bertz CT molecular complexity index is 430. The molecule has 5 nitrogen and oxygen atoms in total. The number of alkyl halides is 3. The molecule has 1 aliphatic rings.